The van der Waals surface area contributed by atoms with E-state index < -0.39 is 0 Å². The van der Waals surface area contributed by atoms with Crippen molar-refractivity contribution in [2.75, 3.05) is 12.8 Å². The molecule has 0 fully saturated rings. The van der Waals surface area contributed by atoms with Crippen LogP contribution < -0.4 is 11.1 Å². The predicted molar refractivity (Wildman–Crippen MR) is 58.3 cm³/mol. The Morgan fingerprint density at radius 2 is 2.07 bits per heavy atom. The molecule has 4 nitrogen and oxygen atoms in total. The fourth-order valence-electron chi connectivity index (χ4n) is 0.993. The fraction of sp³-hybridized carbons (Fsp3) is 0.200. The Bertz CT molecular complexity index is 338. The molecule has 0 amide bonds. The van der Waals surface area contributed by atoms with Crippen LogP contribution in [0.25, 0.3) is 5.70 Å². The van der Waals surface area contributed by atoms with Crippen molar-refractivity contribution in [3.8, 4) is 0 Å². The van der Waals surface area contributed by atoms with Crippen LogP contribution in [-0.2, 0) is 0 Å². The maximum atomic E-state index is 5.39. The van der Waals surface area contributed by atoms with Gasteiger partial charge in [0.2, 0.25) is 5.95 Å². The van der Waals surface area contributed by atoms with E-state index in [2.05, 4.69) is 15.3 Å². The highest BCUT2D eigenvalue weighted by molar-refractivity contribution is 5.64. The summed E-state index contributed by atoms with van der Waals surface area (Å²) in [5.41, 5.74) is 7.27. The number of hydrogen-bond donors (Lipinski definition) is 2. The molecule has 0 saturated carbocycles. The number of nitrogens with zero attached hydrogens (tertiary/aromatic N) is 2. The summed E-state index contributed by atoms with van der Waals surface area (Å²) in [4.78, 5) is 7.84. The van der Waals surface area contributed by atoms with Gasteiger partial charge in [-0.25, -0.2) is 9.97 Å². The van der Waals surface area contributed by atoms with Crippen molar-refractivity contribution >= 4 is 11.6 Å². The molecule has 0 atom stereocenters. The maximum Gasteiger partial charge on any atom is 0.219 e. The molecular formula is C10H14N4. The van der Waals surface area contributed by atoms with Gasteiger partial charge in [0.25, 0.3) is 0 Å². The SMILES string of the molecule is C/C=C\C=C(/NC)c1cnc(N)nc1. The van der Waals surface area contributed by atoms with Crippen LogP contribution >= 0.6 is 0 Å². The molecule has 0 bridgehead atoms. The van der Waals surface area contributed by atoms with Crippen molar-refractivity contribution in [1.82, 2.24) is 15.3 Å². The highest BCUT2D eigenvalue weighted by atomic mass is 15.0. The molecule has 0 unspecified atom stereocenters. The minimum atomic E-state index is 0.287. The molecule has 0 saturated heterocycles. The summed E-state index contributed by atoms with van der Waals surface area (Å²) in [7, 11) is 1.85. The molecule has 1 aromatic heterocycles. The van der Waals surface area contributed by atoms with Crippen LogP contribution in [0.5, 0.6) is 0 Å². The van der Waals surface area contributed by atoms with Crippen molar-refractivity contribution in [1.29, 1.82) is 0 Å². The smallest absolute Gasteiger partial charge is 0.219 e. The summed E-state index contributed by atoms with van der Waals surface area (Å²) in [6.07, 6.45) is 9.23. The highest BCUT2D eigenvalue weighted by Gasteiger charge is 1.98. The molecule has 1 heterocycles. The van der Waals surface area contributed by atoms with Gasteiger partial charge in [0, 0.05) is 30.7 Å². The van der Waals surface area contributed by atoms with Crippen molar-refractivity contribution in [3.63, 3.8) is 0 Å². The molecular weight excluding hydrogens is 176 g/mol. The largest absolute Gasteiger partial charge is 0.388 e. The number of anilines is 1. The lowest BCUT2D eigenvalue weighted by molar-refractivity contribution is 1.09. The molecule has 74 valence electrons. The van der Waals surface area contributed by atoms with Gasteiger partial charge in [-0.05, 0) is 13.0 Å². The summed E-state index contributed by atoms with van der Waals surface area (Å²) in [6.45, 7) is 1.96. The predicted octanol–water partition coefficient (Wildman–Crippen LogP) is 1.20. The van der Waals surface area contributed by atoms with Gasteiger partial charge >= 0.3 is 0 Å². The fourth-order valence-corrected chi connectivity index (χ4v) is 0.993. The molecule has 0 aliphatic rings. The molecule has 0 aliphatic carbocycles. The third-order valence-electron chi connectivity index (χ3n) is 1.71. The average Bonchev–Trinajstić information content (AvgIpc) is 2.21. The second-order valence-corrected chi connectivity index (χ2v) is 2.69. The molecule has 3 N–H and O–H groups in total. The van der Waals surface area contributed by atoms with Crippen LogP contribution in [0.2, 0.25) is 0 Å². The monoisotopic (exact) mass is 190 g/mol. The summed E-state index contributed by atoms with van der Waals surface area (Å²) in [5.74, 6) is 0.287. The normalized spacial score (nSPS) is 12.0. The van der Waals surface area contributed by atoms with Crippen LogP contribution in [-0.4, -0.2) is 17.0 Å². The molecule has 1 rings (SSSR count). The summed E-state index contributed by atoms with van der Waals surface area (Å²) in [6, 6.07) is 0. The minimum Gasteiger partial charge on any atom is -0.388 e. The van der Waals surface area contributed by atoms with E-state index in [1.54, 1.807) is 12.4 Å². The van der Waals surface area contributed by atoms with E-state index in [4.69, 9.17) is 5.73 Å². The number of aromatic nitrogens is 2. The topological polar surface area (TPSA) is 63.8 Å². The van der Waals surface area contributed by atoms with E-state index in [-0.39, 0.29) is 5.95 Å². The van der Waals surface area contributed by atoms with Gasteiger partial charge in [-0.3, -0.25) is 0 Å². The van der Waals surface area contributed by atoms with Crippen molar-refractivity contribution < 1.29 is 0 Å². The Balaban J connectivity index is 2.95. The first kappa shape index (κ1) is 10.2. The first-order chi connectivity index (χ1) is 6.77. The maximum absolute atomic E-state index is 5.39. The summed E-state index contributed by atoms with van der Waals surface area (Å²) >= 11 is 0. The number of hydrogen-bond acceptors (Lipinski definition) is 4. The van der Waals surface area contributed by atoms with E-state index in [1.165, 1.54) is 0 Å². The molecule has 1 aromatic rings. The van der Waals surface area contributed by atoms with Gasteiger partial charge < -0.3 is 11.1 Å². The number of allylic oxidation sites excluding steroid dienone is 3. The third-order valence-corrected chi connectivity index (χ3v) is 1.71. The van der Waals surface area contributed by atoms with E-state index in [0.29, 0.717) is 0 Å². The zero-order valence-electron chi connectivity index (χ0n) is 8.36. The van der Waals surface area contributed by atoms with Crippen LogP contribution in [0.3, 0.4) is 0 Å². The zero-order valence-corrected chi connectivity index (χ0v) is 8.36. The molecule has 4 heteroatoms. The first-order valence-electron chi connectivity index (χ1n) is 4.36. The number of nitrogens with one attached hydrogen (secondary N) is 1. The van der Waals surface area contributed by atoms with E-state index in [1.807, 2.05) is 32.2 Å². The number of nitrogens with two attached hydrogens (primary N) is 1. The molecule has 0 radical (unpaired) electrons. The van der Waals surface area contributed by atoms with Gasteiger partial charge in [0.15, 0.2) is 0 Å². The van der Waals surface area contributed by atoms with Gasteiger partial charge in [0.05, 0.1) is 0 Å². The van der Waals surface area contributed by atoms with E-state index in [9.17, 15) is 0 Å². The van der Waals surface area contributed by atoms with Gasteiger partial charge in [-0.15, -0.1) is 0 Å². The Morgan fingerprint density at radius 1 is 1.43 bits per heavy atom. The second kappa shape index (κ2) is 5.01. The average molecular weight is 190 g/mol. The first-order valence-corrected chi connectivity index (χ1v) is 4.36. The number of rotatable bonds is 3. The lowest BCUT2D eigenvalue weighted by atomic mass is 10.2. The Morgan fingerprint density at radius 3 is 2.57 bits per heavy atom. The second-order valence-electron chi connectivity index (χ2n) is 2.69. The van der Waals surface area contributed by atoms with Crippen molar-refractivity contribution in [2.24, 2.45) is 0 Å². The lowest BCUT2D eigenvalue weighted by Gasteiger charge is -2.04. The van der Waals surface area contributed by atoms with Crippen LogP contribution in [0, 0.1) is 0 Å². The van der Waals surface area contributed by atoms with Crippen molar-refractivity contribution in [3.05, 3.63) is 36.2 Å². The van der Waals surface area contributed by atoms with Crippen LogP contribution in [0.15, 0.2) is 30.6 Å². The summed E-state index contributed by atoms with van der Waals surface area (Å²) in [5, 5.41) is 3.06. The molecule has 0 spiro atoms. The highest BCUT2D eigenvalue weighted by Crippen LogP contribution is 2.08. The zero-order chi connectivity index (χ0) is 10.4. The van der Waals surface area contributed by atoms with Crippen molar-refractivity contribution in [2.45, 2.75) is 6.92 Å². The Hall–Kier alpha value is -1.84. The van der Waals surface area contributed by atoms with E-state index in [0.717, 1.165) is 11.3 Å². The van der Waals surface area contributed by atoms with Crippen LogP contribution in [0.4, 0.5) is 5.95 Å². The molecule has 14 heavy (non-hydrogen) atoms. The van der Waals surface area contributed by atoms with E-state index >= 15 is 0 Å². The van der Waals surface area contributed by atoms with Gasteiger partial charge in [-0.1, -0.05) is 12.2 Å². The quantitative estimate of drug-likeness (QED) is 0.703. The molecule has 0 aromatic carbocycles. The molecule has 0 aliphatic heterocycles. The van der Waals surface area contributed by atoms with Gasteiger partial charge in [0.1, 0.15) is 0 Å². The van der Waals surface area contributed by atoms with Crippen LogP contribution in [0.1, 0.15) is 12.5 Å². The number of nitrogen functional groups attached to an aromatic ring is 1. The lowest BCUT2D eigenvalue weighted by Crippen LogP contribution is -2.06. The Labute approximate surface area is 83.6 Å². The van der Waals surface area contributed by atoms with Gasteiger partial charge in [-0.2, -0.15) is 0 Å². The Kier molecular flexibility index (Phi) is 3.67. The third kappa shape index (κ3) is 2.58. The minimum absolute atomic E-state index is 0.287. The standard InChI is InChI=1S/C10H14N4/c1-3-4-5-9(12-2)8-6-13-10(11)14-7-8/h3-7,12H,1-2H3,(H2,11,13,14)/b4-3-,9-5-. The summed E-state index contributed by atoms with van der Waals surface area (Å²) < 4.78 is 0.